The summed E-state index contributed by atoms with van der Waals surface area (Å²) in [6, 6.07) is 50.0. The third kappa shape index (κ3) is 8.39. The van der Waals surface area contributed by atoms with Crippen molar-refractivity contribution < 1.29 is 20.1 Å². The number of rotatable bonds is 8. The number of hydrogen-bond acceptors (Lipinski definition) is 3. The normalized spacial score (nSPS) is 11.9. The summed E-state index contributed by atoms with van der Waals surface area (Å²) in [7, 11) is -1.34. The van der Waals surface area contributed by atoms with Crippen LogP contribution in [-0.4, -0.2) is 22.6 Å². The summed E-state index contributed by atoms with van der Waals surface area (Å²) in [6.07, 6.45) is 3.24. The summed E-state index contributed by atoms with van der Waals surface area (Å²) >= 11 is 1.84. The molecule has 0 saturated carbocycles. The molecule has 59 heavy (non-hydrogen) atoms. The number of thiophene rings is 1. The Morgan fingerprint density at radius 2 is 1.39 bits per heavy atom. The Morgan fingerprint density at radius 1 is 0.695 bits per heavy atom. The van der Waals surface area contributed by atoms with Crippen molar-refractivity contribution in [2.24, 2.45) is 5.92 Å². The summed E-state index contributed by atoms with van der Waals surface area (Å²) < 4.78 is 4.99. The SMILES string of the molecule is CC(C)Cc1cc(-c2[c-]cccc2)ncc1[Si](C)(C)C.CC(C)c1cccc(C(C)C)c1-n1c(-c2[c-]ccc3c2sc2ccccc23)nc2ccc3ccccc3c21.[Ir]. The topological polar surface area (TPSA) is 30.7 Å². The van der Waals surface area contributed by atoms with Gasteiger partial charge in [-0.15, -0.1) is 54.1 Å². The molecule has 0 fully saturated rings. The van der Waals surface area contributed by atoms with Gasteiger partial charge in [0.1, 0.15) is 0 Å². The molecule has 0 aliphatic heterocycles. The predicted molar refractivity (Wildman–Crippen MR) is 254 cm³/mol. The zero-order valence-electron chi connectivity index (χ0n) is 35.6. The number of pyridine rings is 1. The fourth-order valence-electron chi connectivity index (χ4n) is 8.33. The van der Waals surface area contributed by atoms with Crippen LogP contribution in [-0.2, 0) is 26.5 Å². The summed E-state index contributed by atoms with van der Waals surface area (Å²) in [4.78, 5) is 10.1. The van der Waals surface area contributed by atoms with Gasteiger partial charge in [0, 0.05) is 42.1 Å². The number of fused-ring (bicyclic) bond motifs is 6. The Hall–Kier alpha value is -4.71. The first-order chi connectivity index (χ1) is 27.9. The van der Waals surface area contributed by atoms with Crippen LogP contribution in [0.15, 0.2) is 128 Å². The van der Waals surface area contributed by atoms with E-state index in [4.69, 9.17) is 4.98 Å². The summed E-state index contributed by atoms with van der Waals surface area (Å²) in [5.41, 5.74) is 10.8. The molecule has 9 rings (SSSR count). The number of imidazole rings is 1. The monoisotopic (exact) mass is 984 g/mol. The fourth-order valence-corrected chi connectivity index (χ4v) is 11.1. The van der Waals surface area contributed by atoms with Crippen molar-refractivity contribution in [3.05, 3.63) is 156 Å². The Morgan fingerprint density at radius 3 is 2.07 bits per heavy atom. The minimum atomic E-state index is -1.34. The molecular formula is C53H53IrN3SSi-2. The second kappa shape index (κ2) is 17.5. The van der Waals surface area contributed by atoms with Crippen LogP contribution in [0.5, 0.6) is 0 Å². The molecule has 0 atom stereocenters. The quantitative estimate of drug-likeness (QED) is 0.112. The standard InChI is InChI=1S/C35H29N2S.C18H24NSi.Ir/c1-21(2)24-14-9-15-25(22(3)4)32(24)37-33-26-12-6-5-11-23(26)19-20-30(33)36-35(37)29-17-10-16-28-27-13-7-8-18-31(27)38-34(28)29;1-14(2)11-16-12-17(15-9-7-6-8-10-15)19-13-18(16)20(3,4)5;/h5-16,18-22H,1-4H3;6-9,12-14H,11H2,1-5H3;/q2*-1;. The molecule has 0 spiro atoms. The van der Waals surface area contributed by atoms with Crippen LogP contribution in [0.4, 0.5) is 0 Å². The maximum Gasteiger partial charge on any atom is 0.0798 e. The largest absolute Gasteiger partial charge is 0.332 e. The van der Waals surface area contributed by atoms with E-state index in [1.807, 2.05) is 29.5 Å². The van der Waals surface area contributed by atoms with E-state index in [2.05, 4.69) is 192 Å². The average Bonchev–Trinajstić information content (AvgIpc) is 3.79. The molecule has 0 amide bonds. The molecule has 301 valence electrons. The van der Waals surface area contributed by atoms with Gasteiger partial charge in [-0.2, -0.15) is 11.3 Å². The van der Waals surface area contributed by atoms with Crippen LogP contribution in [0, 0.1) is 18.1 Å². The molecule has 6 aromatic carbocycles. The number of aromatic nitrogens is 3. The minimum Gasteiger partial charge on any atom is -0.332 e. The molecule has 0 aliphatic rings. The second-order valence-corrected chi connectivity index (χ2v) is 23.7. The van der Waals surface area contributed by atoms with Crippen LogP contribution < -0.4 is 5.19 Å². The number of hydrogen-bond donors (Lipinski definition) is 0. The maximum absolute atomic E-state index is 5.37. The van der Waals surface area contributed by atoms with Gasteiger partial charge in [0.15, 0.2) is 0 Å². The third-order valence-electron chi connectivity index (χ3n) is 11.1. The van der Waals surface area contributed by atoms with Gasteiger partial charge >= 0.3 is 0 Å². The molecule has 3 heterocycles. The first-order valence-electron chi connectivity index (χ1n) is 20.7. The van der Waals surface area contributed by atoms with Crippen molar-refractivity contribution in [1.29, 1.82) is 0 Å². The molecule has 3 aromatic heterocycles. The van der Waals surface area contributed by atoms with Gasteiger partial charge in [0.05, 0.1) is 24.9 Å². The van der Waals surface area contributed by atoms with Crippen molar-refractivity contribution >= 4 is 66.6 Å². The Balaban J connectivity index is 0.000000214. The first kappa shape index (κ1) is 42.4. The van der Waals surface area contributed by atoms with Crippen LogP contribution in [0.1, 0.15) is 70.1 Å². The van der Waals surface area contributed by atoms with E-state index in [1.165, 1.54) is 64.0 Å². The van der Waals surface area contributed by atoms with E-state index in [-0.39, 0.29) is 20.1 Å². The van der Waals surface area contributed by atoms with Gasteiger partial charge in [-0.3, -0.25) is 4.98 Å². The summed E-state index contributed by atoms with van der Waals surface area (Å²) in [5, 5.41) is 6.50. The molecule has 0 unspecified atom stereocenters. The fraction of sp³-hybridized carbons (Fsp3) is 0.245. The van der Waals surface area contributed by atoms with Crippen LogP contribution >= 0.6 is 11.3 Å². The van der Waals surface area contributed by atoms with Crippen LogP contribution in [0.25, 0.3) is 70.3 Å². The van der Waals surface area contributed by atoms with Crippen LogP contribution in [0.2, 0.25) is 19.6 Å². The van der Waals surface area contributed by atoms with Crippen molar-refractivity contribution in [2.45, 2.75) is 79.4 Å². The summed E-state index contributed by atoms with van der Waals surface area (Å²) in [5.74, 6) is 2.37. The van der Waals surface area contributed by atoms with E-state index in [0.29, 0.717) is 17.8 Å². The van der Waals surface area contributed by atoms with Gasteiger partial charge in [-0.1, -0.05) is 150 Å². The van der Waals surface area contributed by atoms with Gasteiger partial charge in [0.2, 0.25) is 0 Å². The van der Waals surface area contributed by atoms with Crippen molar-refractivity contribution in [3.8, 4) is 28.3 Å². The molecule has 6 heteroatoms. The molecule has 0 bridgehead atoms. The molecule has 3 nitrogen and oxygen atoms in total. The maximum atomic E-state index is 5.37. The number of para-hydroxylation sites is 1. The van der Waals surface area contributed by atoms with Gasteiger partial charge in [-0.25, -0.2) is 0 Å². The molecule has 9 aromatic rings. The molecule has 0 aliphatic carbocycles. The average molecular weight is 984 g/mol. The molecule has 0 N–H and O–H groups in total. The van der Waals surface area contributed by atoms with E-state index < -0.39 is 8.07 Å². The second-order valence-electron chi connectivity index (χ2n) is 17.6. The van der Waals surface area contributed by atoms with E-state index in [9.17, 15) is 0 Å². The number of nitrogens with zero attached hydrogens (tertiary/aromatic N) is 3. The third-order valence-corrected chi connectivity index (χ3v) is 14.4. The van der Waals surface area contributed by atoms with E-state index in [0.717, 1.165) is 34.6 Å². The molecule has 1 radical (unpaired) electrons. The minimum absolute atomic E-state index is 0. The predicted octanol–water partition coefficient (Wildman–Crippen LogP) is 14.6. The molecular weight excluding hydrogens is 931 g/mol. The Bertz CT molecular complexity index is 2870. The Kier molecular flexibility index (Phi) is 12.6. The summed E-state index contributed by atoms with van der Waals surface area (Å²) in [6.45, 7) is 20.9. The van der Waals surface area contributed by atoms with E-state index >= 15 is 0 Å². The van der Waals surface area contributed by atoms with Gasteiger partial charge in [0.25, 0.3) is 0 Å². The smallest absolute Gasteiger partial charge is 0.0798 e. The zero-order chi connectivity index (χ0) is 40.7. The zero-order valence-corrected chi connectivity index (χ0v) is 39.9. The van der Waals surface area contributed by atoms with Crippen molar-refractivity contribution in [3.63, 3.8) is 0 Å². The van der Waals surface area contributed by atoms with Gasteiger partial charge < -0.3 is 9.55 Å². The van der Waals surface area contributed by atoms with Crippen molar-refractivity contribution in [2.75, 3.05) is 0 Å². The number of benzene rings is 6. The van der Waals surface area contributed by atoms with Gasteiger partial charge in [-0.05, 0) is 73.8 Å². The first-order valence-corrected chi connectivity index (χ1v) is 25.0. The van der Waals surface area contributed by atoms with Crippen LogP contribution in [0.3, 0.4) is 0 Å². The van der Waals surface area contributed by atoms with Crippen molar-refractivity contribution in [1.82, 2.24) is 14.5 Å². The van der Waals surface area contributed by atoms with E-state index in [1.54, 1.807) is 0 Å². The Labute approximate surface area is 368 Å². The molecule has 0 saturated heterocycles.